The van der Waals surface area contributed by atoms with Crippen LogP contribution in [0.3, 0.4) is 0 Å². The number of hydrogen-bond acceptors (Lipinski definition) is 2. The second kappa shape index (κ2) is 3.44. The molecule has 1 aliphatic rings. The van der Waals surface area contributed by atoms with Gasteiger partial charge in [-0.05, 0) is 24.6 Å². The third kappa shape index (κ3) is 1.60. The number of halogens is 2. The summed E-state index contributed by atoms with van der Waals surface area (Å²) in [6.07, 6.45) is 2.49. The average Bonchev–Trinajstić information content (AvgIpc) is 2.58. The van der Waals surface area contributed by atoms with E-state index in [0.717, 1.165) is 5.56 Å². The Morgan fingerprint density at radius 3 is 2.79 bits per heavy atom. The fraction of sp³-hybridized carbons (Fsp3) is 0.300. The molecule has 1 aliphatic heterocycles. The Morgan fingerprint density at radius 1 is 1.43 bits per heavy atom. The molecule has 0 bridgehead atoms. The third-order valence-electron chi connectivity index (χ3n) is 2.25. The standard InChI is InChI=1S/C10H8Cl2NO/c1-10(5-14-6-13-10)7-2-3-8(11)9(12)4-7/h2-4H,5H2,1H3. The van der Waals surface area contributed by atoms with Gasteiger partial charge in [0, 0.05) is 0 Å². The van der Waals surface area contributed by atoms with Gasteiger partial charge in [-0.15, -0.1) is 0 Å². The molecule has 4 heteroatoms. The Morgan fingerprint density at radius 2 is 2.21 bits per heavy atom. The molecule has 0 fully saturated rings. The molecule has 0 amide bonds. The average molecular weight is 229 g/mol. The highest BCUT2D eigenvalue weighted by Crippen LogP contribution is 2.32. The second-order valence-electron chi connectivity index (χ2n) is 3.39. The molecule has 1 aromatic carbocycles. The summed E-state index contributed by atoms with van der Waals surface area (Å²) in [6.45, 7) is 2.46. The fourth-order valence-corrected chi connectivity index (χ4v) is 1.62. The summed E-state index contributed by atoms with van der Waals surface area (Å²) in [4.78, 5) is 4.13. The van der Waals surface area contributed by atoms with E-state index in [4.69, 9.17) is 27.9 Å². The molecule has 1 heterocycles. The van der Waals surface area contributed by atoms with Gasteiger partial charge in [-0.2, -0.15) is 0 Å². The zero-order chi connectivity index (χ0) is 10.2. The van der Waals surface area contributed by atoms with Crippen molar-refractivity contribution in [2.45, 2.75) is 12.5 Å². The van der Waals surface area contributed by atoms with Crippen LogP contribution in [-0.4, -0.2) is 13.0 Å². The smallest absolute Gasteiger partial charge is 0.274 e. The minimum Gasteiger partial charge on any atom is -0.471 e. The van der Waals surface area contributed by atoms with Crippen LogP contribution in [0.2, 0.25) is 10.0 Å². The van der Waals surface area contributed by atoms with E-state index in [-0.39, 0.29) is 5.54 Å². The van der Waals surface area contributed by atoms with Crippen molar-refractivity contribution in [1.82, 2.24) is 0 Å². The maximum atomic E-state index is 5.92. The molecular weight excluding hydrogens is 221 g/mol. The Hall–Kier alpha value is -0.730. The summed E-state index contributed by atoms with van der Waals surface area (Å²) in [6, 6.07) is 5.47. The van der Waals surface area contributed by atoms with Crippen LogP contribution in [0.15, 0.2) is 23.2 Å². The third-order valence-corrected chi connectivity index (χ3v) is 2.99. The zero-order valence-electron chi connectivity index (χ0n) is 7.55. The quantitative estimate of drug-likeness (QED) is 0.724. The molecule has 0 aromatic heterocycles. The number of rotatable bonds is 1. The molecule has 0 saturated carbocycles. The van der Waals surface area contributed by atoms with Crippen LogP contribution in [0, 0.1) is 0 Å². The minimum absolute atomic E-state index is 0.381. The Kier molecular flexibility index (Phi) is 2.41. The topological polar surface area (TPSA) is 21.6 Å². The molecule has 14 heavy (non-hydrogen) atoms. The van der Waals surface area contributed by atoms with E-state index in [9.17, 15) is 0 Å². The summed E-state index contributed by atoms with van der Waals surface area (Å²) in [5, 5.41) is 1.08. The predicted octanol–water partition coefficient (Wildman–Crippen LogP) is 3.14. The molecule has 0 saturated heterocycles. The van der Waals surface area contributed by atoms with Crippen molar-refractivity contribution in [1.29, 1.82) is 0 Å². The lowest BCUT2D eigenvalue weighted by Gasteiger charge is -2.19. The maximum Gasteiger partial charge on any atom is 0.274 e. The molecule has 1 aromatic rings. The van der Waals surface area contributed by atoms with Gasteiger partial charge in [-0.25, -0.2) is 4.99 Å². The van der Waals surface area contributed by atoms with Crippen LogP contribution in [0.25, 0.3) is 0 Å². The number of nitrogens with zero attached hydrogens (tertiary/aromatic N) is 1. The largest absolute Gasteiger partial charge is 0.471 e. The Balaban J connectivity index is 2.42. The number of aliphatic imine (C=N–C) groups is 1. The highest BCUT2D eigenvalue weighted by molar-refractivity contribution is 6.42. The lowest BCUT2D eigenvalue weighted by atomic mass is 9.94. The van der Waals surface area contributed by atoms with E-state index >= 15 is 0 Å². The summed E-state index contributed by atoms with van der Waals surface area (Å²) < 4.78 is 4.99. The van der Waals surface area contributed by atoms with E-state index in [0.29, 0.717) is 16.7 Å². The van der Waals surface area contributed by atoms with Gasteiger partial charge in [0.2, 0.25) is 0 Å². The molecule has 1 radical (unpaired) electrons. The molecule has 2 nitrogen and oxygen atoms in total. The highest BCUT2D eigenvalue weighted by Gasteiger charge is 2.30. The van der Waals surface area contributed by atoms with Crippen molar-refractivity contribution in [2.24, 2.45) is 4.99 Å². The summed E-state index contributed by atoms with van der Waals surface area (Å²) >= 11 is 11.7. The van der Waals surface area contributed by atoms with E-state index in [1.54, 1.807) is 6.07 Å². The van der Waals surface area contributed by atoms with Crippen molar-refractivity contribution < 1.29 is 4.74 Å². The first-order valence-corrected chi connectivity index (χ1v) is 4.92. The van der Waals surface area contributed by atoms with Crippen LogP contribution >= 0.6 is 23.2 Å². The number of hydrogen-bond donors (Lipinski definition) is 0. The monoisotopic (exact) mass is 228 g/mol. The Labute approximate surface area is 92.5 Å². The van der Waals surface area contributed by atoms with Gasteiger partial charge in [-0.1, -0.05) is 29.3 Å². The zero-order valence-corrected chi connectivity index (χ0v) is 9.06. The van der Waals surface area contributed by atoms with Crippen molar-refractivity contribution in [2.75, 3.05) is 6.61 Å². The number of ether oxygens (including phenoxy) is 1. The SMILES string of the molecule is CC1(c2ccc(Cl)c(Cl)c2)CO[C]=N1. The van der Waals surface area contributed by atoms with Gasteiger partial charge >= 0.3 is 0 Å². The van der Waals surface area contributed by atoms with Crippen molar-refractivity contribution in [3.8, 4) is 0 Å². The van der Waals surface area contributed by atoms with E-state index in [2.05, 4.69) is 11.4 Å². The van der Waals surface area contributed by atoms with Gasteiger partial charge in [-0.3, -0.25) is 0 Å². The minimum atomic E-state index is -0.381. The van der Waals surface area contributed by atoms with Gasteiger partial charge in [0.1, 0.15) is 12.1 Å². The van der Waals surface area contributed by atoms with Crippen LogP contribution in [0.1, 0.15) is 12.5 Å². The first-order chi connectivity index (χ1) is 6.62. The molecule has 2 rings (SSSR count). The van der Waals surface area contributed by atoms with Gasteiger partial charge in [0.05, 0.1) is 10.0 Å². The van der Waals surface area contributed by atoms with E-state index in [1.165, 1.54) is 0 Å². The summed E-state index contributed by atoms with van der Waals surface area (Å²) in [5.74, 6) is 0. The second-order valence-corrected chi connectivity index (χ2v) is 4.21. The first-order valence-electron chi connectivity index (χ1n) is 4.16. The fourth-order valence-electron chi connectivity index (χ4n) is 1.32. The van der Waals surface area contributed by atoms with Gasteiger partial charge in [0.15, 0.2) is 0 Å². The van der Waals surface area contributed by atoms with Crippen molar-refractivity contribution in [3.05, 3.63) is 33.8 Å². The molecular formula is C10H8Cl2NO. The normalized spacial score (nSPS) is 25.1. The van der Waals surface area contributed by atoms with Gasteiger partial charge in [0.25, 0.3) is 6.40 Å². The summed E-state index contributed by atoms with van der Waals surface area (Å²) in [5.41, 5.74) is 0.603. The lowest BCUT2D eigenvalue weighted by molar-refractivity contribution is 0.276. The lowest BCUT2D eigenvalue weighted by Crippen LogP contribution is -2.20. The van der Waals surface area contributed by atoms with E-state index < -0.39 is 0 Å². The molecule has 0 N–H and O–H groups in total. The van der Waals surface area contributed by atoms with Crippen molar-refractivity contribution >= 4 is 29.6 Å². The highest BCUT2D eigenvalue weighted by atomic mass is 35.5. The van der Waals surface area contributed by atoms with Crippen LogP contribution < -0.4 is 0 Å². The van der Waals surface area contributed by atoms with Crippen molar-refractivity contribution in [3.63, 3.8) is 0 Å². The molecule has 0 aliphatic carbocycles. The van der Waals surface area contributed by atoms with Crippen LogP contribution in [-0.2, 0) is 10.3 Å². The number of benzene rings is 1. The summed E-state index contributed by atoms with van der Waals surface area (Å²) in [7, 11) is 0. The molecule has 0 spiro atoms. The predicted molar refractivity (Wildman–Crippen MR) is 57.2 cm³/mol. The Bertz CT molecular complexity index is 392. The van der Waals surface area contributed by atoms with Crippen LogP contribution in [0.4, 0.5) is 0 Å². The van der Waals surface area contributed by atoms with Crippen LogP contribution in [0.5, 0.6) is 0 Å². The molecule has 1 unspecified atom stereocenters. The maximum absolute atomic E-state index is 5.92. The van der Waals surface area contributed by atoms with E-state index in [1.807, 2.05) is 19.1 Å². The van der Waals surface area contributed by atoms with Gasteiger partial charge < -0.3 is 4.74 Å². The molecule has 1 atom stereocenters. The first kappa shape index (κ1) is 9.81. The molecule has 73 valence electrons.